The van der Waals surface area contributed by atoms with E-state index in [9.17, 15) is 4.21 Å². The van der Waals surface area contributed by atoms with Crippen molar-refractivity contribution < 1.29 is 8.95 Å². The highest BCUT2D eigenvalue weighted by atomic mass is 35.5. The Bertz CT molecular complexity index is 600. The van der Waals surface area contributed by atoms with Crippen molar-refractivity contribution in [3.63, 3.8) is 0 Å². The van der Waals surface area contributed by atoms with Gasteiger partial charge in [-0.25, -0.2) is 0 Å². The average Bonchev–Trinajstić information content (AvgIpc) is 2.82. The van der Waals surface area contributed by atoms with Crippen molar-refractivity contribution in [1.82, 2.24) is 14.8 Å². The number of ether oxygens (including phenoxy) is 1. The van der Waals surface area contributed by atoms with Crippen molar-refractivity contribution in [1.29, 1.82) is 0 Å². The van der Waals surface area contributed by atoms with Crippen LogP contribution in [0, 0.1) is 0 Å². The number of hydrogen-bond donors (Lipinski definition) is 0. The van der Waals surface area contributed by atoms with Crippen LogP contribution in [0.2, 0.25) is 5.02 Å². The zero-order valence-electron chi connectivity index (χ0n) is 10.7. The van der Waals surface area contributed by atoms with Crippen molar-refractivity contribution in [3.05, 3.63) is 35.1 Å². The molecule has 1 atom stereocenters. The molecule has 102 valence electrons. The average molecular weight is 300 g/mol. The second kappa shape index (κ2) is 6.16. The molecule has 0 unspecified atom stereocenters. The van der Waals surface area contributed by atoms with E-state index in [1.807, 2.05) is 19.1 Å². The van der Waals surface area contributed by atoms with Gasteiger partial charge in [-0.3, -0.25) is 4.21 Å². The summed E-state index contributed by atoms with van der Waals surface area (Å²) in [5.74, 6) is 0.719. The third kappa shape index (κ3) is 3.13. The molecular formula is C12H14ClN3O2S. The Morgan fingerprint density at radius 2 is 2.26 bits per heavy atom. The first-order valence-electron chi connectivity index (χ1n) is 5.75. The largest absolute Gasteiger partial charge is 0.493 e. The molecule has 1 heterocycles. The molecule has 0 bridgehead atoms. The van der Waals surface area contributed by atoms with Crippen LogP contribution < -0.4 is 4.74 Å². The normalized spacial score (nSPS) is 12.4. The van der Waals surface area contributed by atoms with Crippen molar-refractivity contribution >= 4 is 22.4 Å². The minimum Gasteiger partial charge on any atom is -0.493 e. The van der Waals surface area contributed by atoms with E-state index in [4.69, 9.17) is 16.3 Å². The molecule has 2 rings (SSSR count). The number of aromatic nitrogens is 3. The molecule has 0 saturated carbocycles. The van der Waals surface area contributed by atoms with E-state index in [0.29, 0.717) is 23.3 Å². The molecule has 0 saturated heterocycles. The predicted molar refractivity (Wildman–Crippen MR) is 74.1 cm³/mol. The van der Waals surface area contributed by atoms with E-state index < -0.39 is 10.8 Å². The molecule has 1 aromatic carbocycles. The lowest BCUT2D eigenvalue weighted by molar-refractivity contribution is 0.335. The van der Waals surface area contributed by atoms with Gasteiger partial charge in [-0.15, -0.1) is 10.2 Å². The Morgan fingerprint density at radius 3 is 2.95 bits per heavy atom. The molecule has 0 amide bonds. The van der Waals surface area contributed by atoms with E-state index in [-0.39, 0.29) is 0 Å². The maximum absolute atomic E-state index is 11.5. The van der Waals surface area contributed by atoms with E-state index in [1.165, 1.54) is 6.33 Å². The summed E-state index contributed by atoms with van der Waals surface area (Å²) < 4.78 is 18.8. The van der Waals surface area contributed by atoms with Gasteiger partial charge in [0.25, 0.3) is 0 Å². The molecule has 7 heteroatoms. The van der Waals surface area contributed by atoms with Gasteiger partial charge in [-0.05, 0) is 19.1 Å². The number of halogens is 1. The van der Waals surface area contributed by atoms with Gasteiger partial charge < -0.3 is 9.30 Å². The summed E-state index contributed by atoms with van der Waals surface area (Å²) in [5.41, 5.74) is 0.831. The van der Waals surface area contributed by atoms with Crippen LogP contribution in [-0.2, 0) is 17.3 Å². The van der Waals surface area contributed by atoms with E-state index in [1.54, 1.807) is 16.9 Å². The fraction of sp³-hybridized carbons (Fsp3) is 0.333. The van der Waals surface area contributed by atoms with Gasteiger partial charge >= 0.3 is 0 Å². The monoisotopic (exact) mass is 299 g/mol. The fourth-order valence-corrected chi connectivity index (χ4v) is 2.56. The Kier molecular flexibility index (Phi) is 4.55. The summed E-state index contributed by atoms with van der Waals surface area (Å²) >= 11 is 6.20. The summed E-state index contributed by atoms with van der Waals surface area (Å²) in [6, 6.07) is 5.49. The molecule has 2 aromatic rings. The molecule has 1 aromatic heterocycles. The van der Waals surface area contributed by atoms with Gasteiger partial charge in [0.2, 0.25) is 5.16 Å². The predicted octanol–water partition coefficient (Wildman–Crippen LogP) is 2.12. The summed E-state index contributed by atoms with van der Waals surface area (Å²) in [6.07, 6.45) is 3.10. The maximum Gasteiger partial charge on any atom is 0.221 e. The van der Waals surface area contributed by atoms with E-state index in [0.717, 1.165) is 11.3 Å². The maximum atomic E-state index is 11.5. The molecule has 5 nitrogen and oxygen atoms in total. The Hall–Kier alpha value is -1.40. The summed E-state index contributed by atoms with van der Waals surface area (Å²) in [7, 11) is -1.19. The molecule has 0 N–H and O–H groups in total. The standard InChI is InChI=1S/C12H14ClN3O2S/c1-3-18-11-6-4-5-10(13)9(11)7-16-8-14-15-12(16)19(2)17/h4-6,8H,3,7H2,1-2H3/t19-/m1/s1. The van der Waals surface area contributed by atoms with Crippen LogP contribution in [0.3, 0.4) is 0 Å². The topological polar surface area (TPSA) is 57.0 Å². The SMILES string of the molecule is CCOc1cccc(Cl)c1Cn1cnnc1[S@@](C)=O. The first kappa shape index (κ1) is 14.0. The quantitative estimate of drug-likeness (QED) is 0.848. The number of nitrogens with zero attached hydrogens (tertiary/aromatic N) is 3. The zero-order chi connectivity index (χ0) is 13.8. The van der Waals surface area contributed by atoms with Crippen LogP contribution in [0.5, 0.6) is 5.75 Å². The van der Waals surface area contributed by atoms with Crippen LogP contribution in [0.4, 0.5) is 0 Å². The summed E-state index contributed by atoms with van der Waals surface area (Å²) in [6.45, 7) is 2.90. The Balaban J connectivity index is 2.37. The lowest BCUT2D eigenvalue weighted by Crippen LogP contribution is -2.07. The molecule has 0 aliphatic rings. The van der Waals surface area contributed by atoms with Crippen LogP contribution >= 0.6 is 11.6 Å². The fourth-order valence-electron chi connectivity index (χ4n) is 1.73. The Labute approximate surface area is 119 Å². The molecule has 0 aliphatic carbocycles. The first-order chi connectivity index (χ1) is 9.13. The number of benzene rings is 1. The van der Waals surface area contributed by atoms with Crippen LogP contribution in [0.1, 0.15) is 12.5 Å². The summed E-state index contributed by atoms with van der Waals surface area (Å²) in [5, 5.41) is 8.65. The van der Waals surface area contributed by atoms with Crippen LogP contribution in [0.15, 0.2) is 29.7 Å². The molecule has 19 heavy (non-hydrogen) atoms. The molecular weight excluding hydrogens is 286 g/mol. The van der Waals surface area contributed by atoms with Gasteiger partial charge in [0.15, 0.2) is 0 Å². The van der Waals surface area contributed by atoms with Crippen LogP contribution in [-0.4, -0.2) is 31.8 Å². The molecule has 0 aliphatic heterocycles. The second-order valence-electron chi connectivity index (χ2n) is 3.85. The van der Waals surface area contributed by atoms with E-state index >= 15 is 0 Å². The number of rotatable bonds is 5. The van der Waals surface area contributed by atoms with Crippen molar-refractivity contribution in [3.8, 4) is 5.75 Å². The lowest BCUT2D eigenvalue weighted by Gasteiger charge is -2.12. The third-order valence-corrected chi connectivity index (χ3v) is 3.73. The van der Waals surface area contributed by atoms with Gasteiger partial charge in [0.05, 0.1) is 24.0 Å². The smallest absolute Gasteiger partial charge is 0.221 e. The molecule has 0 spiro atoms. The molecule has 0 radical (unpaired) electrons. The highest BCUT2D eigenvalue weighted by molar-refractivity contribution is 7.84. The van der Waals surface area contributed by atoms with Crippen molar-refractivity contribution in [2.75, 3.05) is 12.9 Å². The van der Waals surface area contributed by atoms with Crippen molar-refractivity contribution in [2.24, 2.45) is 0 Å². The third-order valence-electron chi connectivity index (χ3n) is 2.54. The lowest BCUT2D eigenvalue weighted by atomic mass is 10.2. The highest BCUT2D eigenvalue weighted by Crippen LogP contribution is 2.27. The van der Waals surface area contributed by atoms with Crippen LogP contribution in [0.25, 0.3) is 0 Å². The van der Waals surface area contributed by atoms with Gasteiger partial charge in [0, 0.05) is 16.8 Å². The zero-order valence-corrected chi connectivity index (χ0v) is 12.2. The van der Waals surface area contributed by atoms with E-state index in [2.05, 4.69) is 10.2 Å². The van der Waals surface area contributed by atoms with Gasteiger partial charge in [-0.2, -0.15) is 0 Å². The minimum atomic E-state index is -1.19. The van der Waals surface area contributed by atoms with Crippen molar-refractivity contribution in [2.45, 2.75) is 18.6 Å². The van der Waals surface area contributed by atoms with Gasteiger partial charge in [-0.1, -0.05) is 17.7 Å². The first-order valence-corrected chi connectivity index (χ1v) is 7.68. The Morgan fingerprint density at radius 1 is 1.47 bits per heavy atom. The second-order valence-corrected chi connectivity index (χ2v) is 5.53. The highest BCUT2D eigenvalue weighted by Gasteiger charge is 2.13. The number of hydrogen-bond acceptors (Lipinski definition) is 4. The minimum absolute atomic E-state index is 0.419. The van der Waals surface area contributed by atoms with Gasteiger partial charge in [0.1, 0.15) is 12.1 Å². The molecule has 0 fully saturated rings. The summed E-state index contributed by atoms with van der Waals surface area (Å²) in [4.78, 5) is 0.